The van der Waals surface area contributed by atoms with Crippen LogP contribution < -0.4 is 14.8 Å². The summed E-state index contributed by atoms with van der Waals surface area (Å²) in [5, 5.41) is 10.4. The van der Waals surface area contributed by atoms with Crippen LogP contribution in [0.15, 0.2) is 34.1 Å². The molecule has 1 aromatic carbocycles. The lowest BCUT2D eigenvalue weighted by molar-refractivity contribution is -0.119. The predicted molar refractivity (Wildman–Crippen MR) is 80.0 cm³/mol. The second-order valence-corrected chi connectivity index (χ2v) is 6.35. The fourth-order valence-corrected chi connectivity index (χ4v) is 3.11. The number of carbonyl (C=O) groups is 1. The number of nitrogens with zero attached hydrogens (tertiary/aromatic N) is 2. The van der Waals surface area contributed by atoms with Crippen molar-refractivity contribution in [2.75, 3.05) is 18.9 Å². The largest absolute Gasteiger partial charge is 0.486 e. The SMILES string of the molecule is O=C(CSc1nncs1)NC[C@@H]1COc2ccccc2O1. The Kier molecular flexibility index (Phi) is 4.56. The molecule has 110 valence electrons. The lowest BCUT2D eigenvalue weighted by atomic mass is 10.2. The third-order valence-electron chi connectivity index (χ3n) is 2.76. The summed E-state index contributed by atoms with van der Waals surface area (Å²) in [5.41, 5.74) is 1.64. The van der Waals surface area contributed by atoms with E-state index < -0.39 is 0 Å². The maximum absolute atomic E-state index is 11.8. The highest BCUT2D eigenvalue weighted by atomic mass is 32.2. The maximum atomic E-state index is 11.8. The zero-order valence-corrected chi connectivity index (χ0v) is 12.7. The first-order chi connectivity index (χ1) is 10.3. The molecular weight excluding hydrogens is 310 g/mol. The molecule has 21 heavy (non-hydrogen) atoms. The number of fused-ring (bicyclic) bond motifs is 1. The number of hydrogen-bond donors (Lipinski definition) is 1. The molecule has 1 aliphatic rings. The molecule has 2 aromatic rings. The summed E-state index contributed by atoms with van der Waals surface area (Å²) in [7, 11) is 0. The van der Waals surface area contributed by atoms with Gasteiger partial charge in [0.2, 0.25) is 5.91 Å². The summed E-state index contributed by atoms with van der Waals surface area (Å²) in [6, 6.07) is 7.51. The molecule has 0 saturated carbocycles. The minimum Gasteiger partial charge on any atom is -0.486 e. The second kappa shape index (κ2) is 6.77. The van der Waals surface area contributed by atoms with Gasteiger partial charge < -0.3 is 14.8 Å². The highest BCUT2D eigenvalue weighted by molar-refractivity contribution is 8.01. The number of carbonyl (C=O) groups excluding carboxylic acids is 1. The smallest absolute Gasteiger partial charge is 0.230 e. The molecule has 0 radical (unpaired) electrons. The van der Waals surface area contributed by atoms with Gasteiger partial charge in [-0.1, -0.05) is 35.2 Å². The molecule has 0 bridgehead atoms. The summed E-state index contributed by atoms with van der Waals surface area (Å²) >= 11 is 2.79. The van der Waals surface area contributed by atoms with Gasteiger partial charge in [-0.25, -0.2) is 0 Å². The number of para-hydroxylation sites is 2. The topological polar surface area (TPSA) is 73.3 Å². The fourth-order valence-electron chi connectivity index (χ4n) is 1.80. The Morgan fingerprint density at radius 2 is 2.29 bits per heavy atom. The van der Waals surface area contributed by atoms with E-state index in [4.69, 9.17) is 9.47 Å². The van der Waals surface area contributed by atoms with E-state index in [-0.39, 0.29) is 12.0 Å². The van der Waals surface area contributed by atoms with Crippen molar-refractivity contribution in [3.63, 3.8) is 0 Å². The Morgan fingerprint density at radius 1 is 1.43 bits per heavy atom. The van der Waals surface area contributed by atoms with Crippen molar-refractivity contribution in [1.29, 1.82) is 0 Å². The van der Waals surface area contributed by atoms with Crippen molar-refractivity contribution in [3.8, 4) is 11.5 Å². The van der Waals surface area contributed by atoms with E-state index in [1.54, 1.807) is 5.51 Å². The van der Waals surface area contributed by atoms with Gasteiger partial charge in [0.25, 0.3) is 0 Å². The van der Waals surface area contributed by atoms with Gasteiger partial charge in [0, 0.05) is 0 Å². The van der Waals surface area contributed by atoms with Crippen LogP contribution in [0.3, 0.4) is 0 Å². The molecule has 6 nitrogen and oxygen atoms in total. The molecule has 8 heteroatoms. The molecule has 1 aliphatic heterocycles. The van der Waals surface area contributed by atoms with E-state index in [9.17, 15) is 4.79 Å². The molecule has 0 saturated heterocycles. The molecule has 0 unspecified atom stereocenters. The molecule has 1 amide bonds. The Hall–Kier alpha value is -1.80. The van der Waals surface area contributed by atoms with Crippen LogP contribution in [0, 0.1) is 0 Å². The fraction of sp³-hybridized carbons (Fsp3) is 0.308. The van der Waals surface area contributed by atoms with Crippen molar-refractivity contribution in [3.05, 3.63) is 29.8 Å². The van der Waals surface area contributed by atoms with Gasteiger partial charge in [-0.2, -0.15) is 0 Å². The first-order valence-electron chi connectivity index (χ1n) is 6.35. The van der Waals surface area contributed by atoms with Crippen LogP contribution in [0.1, 0.15) is 0 Å². The van der Waals surface area contributed by atoms with E-state index in [0.29, 0.717) is 24.7 Å². The van der Waals surface area contributed by atoms with Gasteiger partial charge >= 0.3 is 0 Å². The number of ether oxygens (including phenoxy) is 2. The molecule has 1 N–H and O–H groups in total. The quantitative estimate of drug-likeness (QED) is 0.842. The summed E-state index contributed by atoms with van der Waals surface area (Å²) < 4.78 is 12.1. The standard InChI is InChI=1S/C13H13N3O3S2/c17-12(7-20-13-16-15-8-21-13)14-5-9-6-18-10-3-1-2-4-11(10)19-9/h1-4,8-9H,5-7H2,(H,14,17)/t9-/m1/s1. The van der Waals surface area contributed by atoms with Crippen LogP contribution in [0.5, 0.6) is 11.5 Å². The van der Waals surface area contributed by atoms with Crippen LogP contribution in [0.4, 0.5) is 0 Å². The van der Waals surface area contributed by atoms with Crippen LogP contribution in [-0.2, 0) is 4.79 Å². The lowest BCUT2D eigenvalue weighted by Crippen LogP contribution is -2.41. The van der Waals surface area contributed by atoms with E-state index in [0.717, 1.165) is 10.1 Å². The maximum Gasteiger partial charge on any atom is 0.230 e. The monoisotopic (exact) mass is 323 g/mol. The van der Waals surface area contributed by atoms with Crippen LogP contribution >= 0.6 is 23.1 Å². The van der Waals surface area contributed by atoms with Crippen molar-refractivity contribution >= 4 is 29.0 Å². The molecule has 1 atom stereocenters. The zero-order chi connectivity index (χ0) is 14.5. The first-order valence-corrected chi connectivity index (χ1v) is 8.22. The first kappa shape index (κ1) is 14.2. The molecule has 2 heterocycles. The van der Waals surface area contributed by atoms with E-state index in [1.165, 1.54) is 23.1 Å². The Bertz CT molecular complexity index is 606. The van der Waals surface area contributed by atoms with Crippen molar-refractivity contribution < 1.29 is 14.3 Å². The normalized spacial score (nSPS) is 16.5. The number of aromatic nitrogens is 2. The van der Waals surface area contributed by atoms with Gasteiger partial charge in [-0.15, -0.1) is 10.2 Å². The summed E-state index contributed by atoms with van der Waals surface area (Å²) in [6.45, 7) is 0.852. The Morgan fingerprint density at radius 3 is 3.10 bits per heavy atom. The van der Waals surface area contributed by atoms with Crippen LogP contribution in [0.25, 0.3) is 0 Å². The van der Waals surface area contributed by atoms with Gasteiger partial charge in [0.15, 0.2) is 15.8 Å². The predicted octanol–water partition coefficient (Wildman–Crippen LogP) is 1.59. The number of amides is 1. The second-order valence-electron chi connectivity index (χ2n) is 4.29. The lowest BCUT2D eigenvalue weighted by Gasteiger charge is -2.26. The van der Waals surface area contributed by atoms with Crippen molar-refractivity contribution in [2.45, 2.75) is 10.4 Å². The number of benzene rings is 1. The molecule has 3 rings (SSSR count). The van der Waals surface area contributed by atoms with E-state index in [1.807, 2.05) is 24.3 Å². The summed E-state index contributed by atoms with van der Waals surface area (Å²) in [4.78, 5) is 11.8. The van der Waals surface area contributed by atoms with Crippen LogP contribution in [0.2, 0.25) is 0 Å². The van der Waals surface area contributed by atoms with Gasteiger partial charge in [0.1, 0.15) is 18.2 Å². The average Bonchev–Trinajstić information content (AvgIpc) is 3.04. The average molecular weight is 323 g/mol. The number of nitrogens with one attached hydrogen (secondary N) is 1. The van der Waals surface area contributed by atoms with Crippen molar-refractivity contribution in [2.24, 2.45) is 0 Å². The number of rotatable bonds is 5. The molecule has 0 spiro atoms. The van der Waals surface area contributed by atoms with Crippen molar-refractivity contribution in [1.82, 2.24) is 15.5 Å². The third kappa shape index (κ3) is 3.85. The molecular formula is C13H13N3O3S2. The summed E-state index contributed by atoms with van der Waals surface area (Å²) in [6.07, 6.45) is -0.171. The van der Waals surface area contributed by atoms with E-state index >= 15 is 0 Å². The third-order valence-corrected chi connectivity index (χ3v) is 4.62. The van der Waals surface area contributed by atoms with Gasteiger partial charge in [-0.3, -0.25) is 4.79 Å². The van der Waals surface area contributed by atoms with Gasteiger partial charge in [0.05, 0.1) is 12.3 Å². The number of thioether (sulfide) groups is 1. The zero-order valence-electron chi connectivity index (χ0n) is 11.0. The minimum absolute atomic E-state index is 0.0577. The summed E-state index contributed by atoms with van der Waals surface area (Å²) in [5.74, 6) is 1.72. The van der Waals surface area contributed by atoms with Gasteiger partial charge in [-0.05, 0) is 12.1 Å². The van der Waals surface area contributed by atoms with E-state index in [2.05, 4.69) is 15.5 Å². The molecule has 0 fully saturated rings. The Balaban J connectivity index is 1.42. The molecule has 0 aliphatic carbocycles. The Labute approximate surface area is 129 Å². The minimum atomic E-state index is -0.171. The highest BCUT2D eigenvalue weighted by Gasteiger charge is 2.20. The number of hydrogen-bond acceptors (Lipinski definition) is 7. The van der Waals surface area contributed by atoms with Crippen LogP contribution in [-0.4, -0.2) is 41.1 Å². The molecule has 1 aromatic heterocycles. The highest BCUT2D eigenvalue weighted by Crippen LogP contribution is 2.30.